The first-order chi connectivity index (χ1) is 24.3. The molecular weight excluding hydrogens is 593 g/mol. The number of nitrogens with zero attached hydrogens (tertiary/aromatic N) is 2. The minimum Gasteiger partial charge on any atom is -0.308 e. The Kier molecular flexibility index (Phi) is 6.22. The Balaban J connectivity index is 1.05. The van der Waals surface area contributed by atoms with Gasteiger partial charge in [-0.25, -0.2) is 0 Å². The number of hydrogen-bond donors (Lipinski definition) is 0. The quantitative estimate of drug-likeness (QED) is 0.179. The lowest BCUT2D eigenvalue weighted by molar-refractivity contribution is 1.14. The van der Waals surface area contributed by atoms with Gasteiger partial charge in [-0.1, -0.05) is 133 Å². The van der Waals surface area contributed by atoms with Crippen molar-refractivity contribution in [2.24, 2.45) is 0 Å². The predicted molar refractivity (Wildman–Crippen MR) is 207 cm³/mol. The molecule has 0 saturated carbocycles. The van der Waals surface area contributed by atoms with E-state index < -0.39 is 0 Å². The van der Waals surface area contributed by atoms with E-state index in [4.69, 9.17) is 4.98 Å². The highest BCUT2D eigenvalue weighted by molar-refractivity contribution is 6.25. The Morgan fingerprint density at radius 2 is 0.714 bits per heavy atom. The number of rotatable bonds is 4. The van der Waals surface area contributed by atoms with E-state index in [0.29, 0.717) is 0 Å². The standard InChI is InChI=1S/C47H30N2/c1-2-17-40-38(15-1)39-16-3-4-18-41(39)45-28-35(23-24-42(40)45)33-13-9-11-31(25-33)32-12-10-14-34(26-32)36-27-37(30-48-29-36)49-46-21-7-5-19-43(46)44-20-6-8-22-47(44)49/h1-30H. The van der Waals surface area contributed by atoms with Gasteiger partial charge in [0.05, 0.1) is 22.9 Å². The van der Waals surface area contributed by atoms with Crippen LogP contribution in [0.5, 0.6) is 0 Å². The summed E-state index contributed by atoms with van der Waals surface area (Å²) in [6, 6.07) is 61.6. The zero-order valence-electron chi connectivity index (χ0n) is 26.7. The van der Waals surface area contributed by atoms with Gasteiger partial charge in [-0.2, -0.15) is 0 Å². The molecule has 10 rings (SSSR count). The van der Waals surface area contributed by atoms with Gasteiger partial charge in [0.15, 0.2) is 0 Å². The minimum absolute atomic E-state index is 1.05. The van der Waals surface area contributed by atoms with E-state index in [2.05, 4.69) is 174 Å². The van der Waals surface area contributed by atoms with Crippen LogP contribution in [0.2, 0.25) is 0 Å². The Morgan fingerprint density at radius 3 is 1.27 bits per heavy atom. The molecule has 0 atom stereocenters. The number of pyridine rings is 1. The highest BCUT2D eigenvalue weighted by Crippen LogP contribution is 2.38. The van der Waals surface area contributed by atoms with Gasteiger partial charge in [0.2, 0.25) is 0 Å². The summed E-state index contributed by atoms with van der Waals surface area (Å²) in [6.45, 7) is 0. The minimum atomic E-state index is 1.05. The highest BCUT2D eigenvalue weighted by atomic mass is 15.0. The second-order valence-corrected chi connectivity index (χ2v) is 12.8. The summed E-state index contributed by atoms with van der Waals surface area (Å²) in [6.07, 6.45) is 3.93. The first kappa shape index (κ1) is 27.6. The number of fused-ring (bicyclic) bond motifs is 9. The molecule has 0 fully saturated rings. The van der Waals surface area contributed by atoms with Crippen molar-refractivity contribution >= 4 is 54.1 Å². The largest absolute Gasteiger partial charge is 0.308 e. The van der Waals surface area contributed by atoms with Crippen LogP contribution in [0.3, 0.4) is 0 Å². The van der Waals surface area contributed by atoms with Crippen molar-refractivity contribution in [1.29, 1.82) is 0 Å². The van der Waals surface area contributed by atoms with Crippen LogP contribution < -0.4 is 0 Å². The van der Waals surface area contributed by atoms with Crippen LogP contribution in [-0.4, -0.2) is 9.55 Å². The van der Waals surface area contributed by atoms with Crippen LogP contribution in [0.25, 0.3) is 93.2 Å². The van der Waals surface area contributed by atoms with E-state index in [9.17, 15) is 0 Å². The summed E-state index contributed by atoms with van der Waals surface area (Å²) in [7, 11) is 0. The second kappa shape index (κ2) is 11.0. The van der Waals surface area contributed by atoms with E-state index in [0.717, 1.165) is 16.8 Å². The lowest BCUT2D eigenvalue weighted by atomic mass is 9.91. The van der Waals surface area contributed by atoms with E-state index in [1.54, 1.807) is 0 Å². The van der Waals surface area contributed by atoms with Gasteiger partial charge in [0.25, 0.3) is 0 Å². The Bertz CT molecular complexity index is 2800. The molecule has 8 aromatic carbocycles. The Morgan fingerprint density at radius 1 is 0.286 bits per heavy atom. The summed E-state index contributed by atoms with van der Waals surface area (Å²) in [5.74, 6) is 0. The summed E-state index contributed by atoms with van der Waals surface area (Å²) in [4.78, 5) is 4.73. The normalized spacial score (nSPS) is 11.7. The highest BCUT2D eigenvalue weighted by Gasteiger charge is 2.14. The first-order valence-corrected chi connectivity index (χ1v) is 16.8. The van der Waals surface area contributed by atoms with Gasteiger partial charge in [0.1, 0.15) is 0 Å². The van der Waals surface area contributed by atoms with Crippen molar-refractivity contribution in [3.05, 3.63) is 182 Å². The van der Waals surface area contributed by atoms with Crippen LogP contribution in [0.1, 0.15) is 0 Å². The van der Waals surface area contributed by atoms with E-state index in [1.165, 1.54) is 76.4 Å². The van der Waals surface area contributed by atoms with E-state index in [1.807, 2.05) is 12.4 Å². The first-order valence-electron chi connectivity index (χ1n) is 16.8. The fraction of sp³-hybridized carbons (Fsp3) is 0. The molecule has 0 radical (unpaired) electrons. The molecule has 0 N–H and O–H groups in total. The van der Waals surface area contributed by atoms with Gasteiger partial charge >= 0.3 is 0 Å². The molecule has 0 spiro atoms. The van der Waals surface area contributed by atoms with Crippen LogP contribution in [0.15, 0.2) is 182 Å². The fourth-order valence-corrected chi connectivity index (χ4v) is 7.75. The third-order valence-corrected chi connectivity index (χ3v) is 10.0. The average molecular weight is 623 g/mol. The van der Waals surface area contributed by atoms with E-state index >= 15 is 0 Å². The van der Waals surface area contributed by atoms with Gasteiger partial charge in [-0.05, 0) is 96.5 Å². The second-order valence-electron chi connectivity index (χ2n) is 12.8. The summed E-state index contributed by atoms with van der Waals surface area (Å²) < 4.78 is 2.32. The molecule has 2 heteroatoms. The fourth-order valence-electron chi connectivity index (χ4n) is 7.75. The van der Waals surface area contributed by atoms with E-state index in [-0.39, 0.29) is 0 Å². The number of benzene rings is 8. The lowest BCUT2D eigenvalue weighted by Gasteiger charge is -2.13. The van der Waals surface area contributed by atoms with Crippen LogP contribution in [0.4, 0.5) is 0 Å². The average Bonchev–Trinajstić information content (AvgIpc) is 3.52. The van der Waals surface area contributed by atoms with Gasteiger partial charge in [-0.15, -0.1) is 0 Å². The smallest absolute Gasteiger partial charge is 0.0651 e. The van der Waals surface area contributed by atoms with Crippen molar-refractivity contribution in [3.8, 4) is 39.1 Å². The number of hydrogen-bond acceptors (Lipinski definition) is 1. The molecule has 10 aromatic rings. The van der Waals surface area contributed by atoms with Crippen molar-refractivity contribution in [2.75, 3.05) is 0 Å². The topological polar surface area (TPSA) is 17.8 Å². The Labute approximate surface area is 284 Å². The maximum absolute atomic E-state index is 4.73. The SMILES string of the molecule is c1cc(-c2cccc(-c3ccc4c5ccccc5c5ccccc5c4c3)c2)cc(-c2cncc(-n3c4ccccc4c4ccccc43)c2)c1. The molecular formula is C47H30N2. The maximum Gasteiger partial charge on any atom is 0.0651 e. The van der Waals surface area contributed by atoms with Crippen molar-refractivity contribution in [2.45, 2.75) is 0 Å². The lowest BCUT2D eigenvalue weighted by Crippen LogP contribution is -1.95. The zero-order chi connectivity index (χ0) is 32.3. The molecule has 0 aliphatic rings. The third kappa shape index (κ3) is 4.46. The molecule has 2 aromatic heterocycles. The van der Waals surface area contributed by atoms with Gasteiger partial charge in [0, 0.05) is 22.5 Å². The molecule has 2 heterocycles. The van der Waals surface area contributed by atoms with Crippen molar-refractivity contribution in [1.82, 2.24) is 9.55 Å². The Hall–Kier alpha value is -6.51. The molecule has 0 aliphatic carbocycles. The summed E-state index contributed by atoms with van der Waals surface area (Å²) in [5.41, 5.74) is 10.4. The van der Waals surface area contributed by atoms with Gasteiger partial charge < -0.3 is 4.57 Å². The molecule has 228 valence electrons. The molecule has 0 bridgehead atoms. The van der Waals surface area contributed by atoms with Crippen molar-refractivity contribution in [3.63, 3.8) is 0 Å². The van der Waals surface area contributed by atoms with Crippen LogP contribution in [0, 0.1) is 0 Å². The monoisotopic (exact) mass is 622 g/mol. The molecule has 49 heavy (non-hydrogen) atoms. The molecule has 0 unspecified atom stereocenters. The summed E-state index contributed by atoms with van der Waals surface area (Å²) >= 11 is 0. The van der Waals surface area contributed by atoms with Gasteiger partial charge in [-0.3, -0.25) is 4.98 Å². The number of para-hydroxylation sites is 2. The summed E-state index contributed by atoms with van der Waals surface area (Å²) in [5, 5.41) is 10.3. The zero-order valence-corrected chi connectivity index (χ0v) is 26.7. The molecule has 2 nitrogen and oxygen atoms in total. The number of aromatic nitrogens is 2. The predicted octanol–water partition coefficient (Wildman–Crippen LogP) is 12.6. The molecule has 0 saturated heterocycles. The third-order valence-electron chi connectivity index (χ3n) is 10.0. The van der Waals surface area contributed by atoms with Crippen LogP contribution in [-0.2, 0) is 0 Å². The molecule has 0 amide bonds. The van der Waals surface area contributed by atoms with Crippen LogP contribution >= 0.6 is 0 Å². The maximum atomic E-state index is 4.73. The van der Waals surface area contributed by atoms with Crippen molar-refractivity contribution < 1.29 is 0 Å². The molecule has 0 aliphatic heterocycles.